The van der Waals surface area contributed by atoms with Crippen molar-refractivity contribution < 1.29 is 14.7 Å². The first-order valence-corrected chi connectivity index (χ1v) is 7.33. The number of carboxylic acids is 1. The van der Waals surface area contributed by atoms with E-state index in [1.54, 1.807) is 0 Å². The van der Waals surface area contributed by atoms with Gasteiger partial charge in [-0.05, 0) is 37.5 Å². The third-order valence-corrected chi connectivity index (χ3v) is 4.78. The normalized spacial score (nSPS) is 29.1. The van der Waals surface area contributed by atoms with E-state index < -0.39 is 11.5 Å². The standard InChI is InChI=1S/C14H24N2O3/c1-10-5-2-3-6-11(10)9-15-13(19)16-14(12(17)18)7-4-8-14/h10-11H,2-9H2,1H3,(H,17,18)(H2,15,16,19). The molecular weight excluding hydrogens is 244 g/mol. The second-order valence-corrected chi connectivity index (χ2v) is 6.10. The van der Waals surface area contributed by atoms with E-state index in [0.29, 0.717) is 31.2 Å². The Kier molecular flexibility index (Phi) is 4.32. The maximum absolute atomic E-state index is 11.8. The van der Waals surface area contributed by atoms with Crippen molar-refractivity contribution in [2.75, 3.05) is 6.54 Å². The molecule has 5 heteroatoms. The number of urea groups is 1. The number of hydrogen-bond acceptors (Lipinski definition) is 2. The van der Waals surface area contributed by atoms with Crippen LogP contribution in [0.2, 0.25) is 0 Å². The Labute approximate surface area is 114 Å². The van der Waals surface area contributed by atoms with E-state index in [1.165, 1.54) is 19.3 Å². The second kappa shape index (κ2) is 5.80. The van der Waals surface area contributed by atoms with Crippen LogP contribution >= 0.6 is 0 Å². The SMILES string of the molecule is CC1CCCCC1CNC(=O)NC1(C(=O)O)CCC1. The molecule has 2 aliphatic rings. The Morgan fingerprint density at radius 1 is 1.21 bits per heavy atom. The van der Waals surface area contributed by atoms with Gasteiger partial charge in [0.2, 0.25) is 0 Å². The van der Waals surface area contributed by atoms with E-state index in [-0.39, 0.29) is 6.03 Å². The molecule has 0 radical (unpaired) electrons. The van der Waals surface area contributed by atoms with Gasteiger partial charge >= 0.3 is 12.0 Å². The van der Waals surface area contributed by atoms with Crippen molar-refractivity contribution in [1.82, 2.24) is 10.6 Å². The van der Waals surface area contributed by atoms with E-state index in [2.05, 4.69) is 17.6 Å². The maximum Gasteiger partial charge on any atom is 0.329 e. The lowest BCUT2D eigenvalue weighted by atomic mass is 9.77. The molecule has 0 aromatic carbocycles. The van der Waals surface area contributed by atoms with Gasteiger partial charge < -0.3 is 15.7 Å². The van der Waals surface area contributed by atoms with Gasteiger partial charge in [0.1, 0.15) is 5.54 Å². The molecule has 0 aromatic rings. The molecule has 2 saturated carbocycles. The number of amides is 2. The number of nitrogens with one attached hydrogen (secondary N) is 2. The van der Waals surface area contributed by atoms with Gasteiger partial charge in [0.05, 0.1) is 0 Å². The minimum absolute atomic E-state index is 0.333. The molecule has 3 N–H and O–H groups in total. The van der Waals surface area contributed by atoms with E-state index in [4.69, 9.17) is 5.11 Å². The molecule has 19 heavy (non-hydrogen) atoms. The van der Waals surface area contributed by atoms with Crippen LogP contribution in [0.1, 0.15) is 51.9 Å². The first-order chi connectivity index (χ1) is 9.03. The van der Waals surface area contributed by atoms with Crippen molar-refractivity contribution in [2.24, 2.45) is 11.8 Å². The van der Waals surface area contributed by atoms with Gasteiger partial charge in [-0.2, -0.15) is 0 Å². The highest BCUT2D eigenvalue weighted by Gasteiger charge is 2.45. The Morgan fingerprint density at radius 2 is 1.89 bits per heavy atom. The van der Waals surface area contributed by atoms with Gasteiger partial charge in [-0.25, -0.2) is 9.59 Å². The molecule has 108 valence electrons. The number of carbonyl (C=O) groups is 2. The largest absolute Gasteiger partial charge is 0.480 e. The van der Waals surface area contributed by atoms with Gasteiger partial charge in [0.25, 0.3) is 0 Å². The van der Waals surface area contributed by atoms with Crippen LogP contribution in [-0.4, -0.2) is 29.2 Å². The smallest absolute Gasteiger partial charge is 0.329 e. The van der Waals surface area contributed by atoms with Crippen LogP contribution in [0.3, 0.4) is 0 Å². The Morgan fingerprint density at radius 3 is 2.42 bits per heavy atom. The van der Waals surface area contributed by atoms with Crippen LogP contribution in [0.4, 0.5) is 4.79 Å². The van der Waals surface area contributed by atoms with E-state index in [0.717, 1.165) is 12.8 Å². The molecule has 0 saturated heterocycles. The lowest BCUT2D eigenvalue weighted by Crippen LogP contribution is -2.61. The summed E-state index contributed by atoms with van der Waals surface area (Å²) in [5.74, 6) is 0.257. The second-order valence-electron chi connectivity index (χ2n) is 6.10. The summed E-state index contributed by atoms with van der Waals surface area (Å²) in [5.41, 5.74) is -1.01. The summed E-state index contributed by atoms with van der Waals surface area (Å²) >= 11 is 0. The van der Waals surface area contributed by atoms with Crippen molar-refractivity contribution in [1.29, 1.82) is 0 Å². The van der Waals surface area contributed by atoms with Gasteiger partial charge in [-0.3, -0.25) is 0 Å². The fourth-order valence-corrected chi connectivity index (χ4v) is 3.10. The summed E-state index contributed by atoms with van der Waals surface area (Å²) < 4.78 is 0. The first kappa shape index (κ1) is 14.2. The van der Waals surface area contributed by atoms with Gasteiger partial charge in [0.15, 0.2) is 0 Å². The highest BCUT2D eigenvalue weighted by molar-refractivity contribution is 5.87. The number of aliphatic carboxylic acids is 1. The molecular formula is C14H24N2O3. The van der Waals surface area contributed by atoms with Crippen LogP contribution in [0.5, 0.6) is 0 Å². The zero-order valence-corrected chi connectivity index (χ0v) is 11.6. The third-order valence-electron chi connectivity index (χ3n) is 4.78. The van der Waals surface area contributed by atoms with Crippen LogP contribution in [0.15, 0.2) is 0 Å². The van der Waals surface area contributed by atoms with Crippen LogP contribution in [0.25, 0.3) is 0 Å². The van der Waals surface area contributed by atoms with E-state index in [9.17, 15) is 9.59 Å². The summed E-state index contributed by atoms with van der Waals surface area (Å²) in [5, 5.41) is 14.6. The van der Waals surface area contributed by atoms with Crippen LogP contribution in [0, 0.1) is 11.8 Å². The first-order valence-electron chi connectivity index (χ1n) is 7.33. The summed E-state index contributed by atoms with van der Waals surface area (Å²) in [4.78, 5) is 23.0. The van der Waals surface area contributed by atoms with Gasteiger partial charge in [0, 0.05) is 6.54 Å². The average molecular weight is 268 g/mol. The molecule has 5 nitrogen and oxygen atoms in total. The van der Waals surface area contributed by atoms with Gasteiger partial charge in [-0.1, -0.05) is 26.2 Å². The minimum atomic E-state index is -1.01. The number of carboxylic acid groups (broad SMARTS) is 1. The monoisotopic (exact) mass is 268 g/mol. The molecule has 2 rings (SSSR count). The summed E-state index contributed by atoms with van der Waals surface area (Å²) in [6.07, 6.45) is 6.85. The van der Waals surface area contributed by atoms with Crippen molar-refractivity contribution >= 4 is 12.0 Å². The lowest BCUT2D eigenvalue weighted by molar-refractivity contribution is -0.148. The number of hydrogen-bond donors (Lipinski definition) is 3. The predicted molar refractivity (Wildman–Crippen MR) is 71.9 cm³/mol. The molecule has 2 amide bonds. The van der Waals surface area contributed by atoms with Crippen molar-refractivity contribution in [3.63, 3.8) is 0 Å². The molecule has 0 aromatic heterocycles. The number of carbonyl (C=O) groups excluding carboxylic acids is 1. The van der Waals surface area contributed by atoms with E-state index in [1.807, 2.05) is 0 Å². The lowest BCUT2D eigenvalue weighted by Gasteiger charge is -2.38. The average Bonchev–Trinajstić information content (AvgIpc) is 2.32. The quantitative estimate of drug-likeness (QED) is 0.730. The summed E-state index contributed by atoms with van der Waals surface area (Å²) in [6.45, 7) is 2.89. The zero-order chi connectivity index (χ0) is 13.9. The zero-order valence-electron chi connectivity index (χ0n) is 11.6. The Balaban J connectivity index is 1.76. The van der Waals surface area contributed by atoms with Crippen LogP contribution in [-0.2, 0) is 4.79 Å². The number of rotatable bonds is 4. The Hall–Kier alpha value is -1.26. The van der Waals surface area contributed by atoms with Crippen molar-refractivity contribution in [3.8, 4) is 0 Å². The summed E-state index contributed by atoms with van der Waals surface area (Å²) in [6, 6.07) is -0.333. The molecule has 0 spiro atoms. The molecule has 0 heterocycles. The molecule has 2 fully saturated rings. The molecule has 0 aliphatic heterocycles. The highest BCUT2D eigenvalue weighted by atomic mass is 16.4. The van der Waals surface area contributed by atoms with Crippen molar-refractivity contribution in [3.05, 3.63) is 0 Å². The molecule has 2 atom stereocenters. The third kappa shape index (κ3) is 3.19. The van der Waals surface area contributed by atoms with Crippen molar-refractivity contribution in [2.45, 2.75) is 57.4 Å². The molecule has 2 aliphatic carbocycles. The summed E-state index contributed by atoms with van der Waals surface area (Å²) in [7, 11) is 0. The minimum Gasteiger partial charge on any atom is -0.480 e. The van der Waals surface area contributed by atoms with Crippen LogP contribution < -0.4 is 10.6 Å². The van der Waals surface area contributed by atoms with E-state index >= 15 is 0 Å². The topological polar surface area (TPSA) is 78.4 Å². The van der Waals surface area contributed by atoms with Gasteiger partial charge in [-0.15, -0.1) is 0 Å². The predicted octanol–water partition coefficient (Wildman–Crippen LogP) is 2.12. The fourth-order valence-electron chi connectivity index (χ4n) is 3.10. The Bertz CT molecular complexity index is 353. The molecule has 2 unspecified atom stereocenters. The molecule has 0 bridgehead atoms. The highest BCUT2D eigenvalue weighted by Crippen LogP contribution is 2.32. The maximum atomic E-state index is 11.8. The fraction of sp³-hybridized carbons (Fsp3) is 0.857.